The fourth-order valence-electron chi connectivity index (χ4n) is 1.42. The monoisotopic (exact) mass is 332 g/mol. The highest BCUT2D eigenvalue weighted by molar-refractivity contribution is 9.10. The first-order valence-electron chi connectivity index (χ1n) is 4.79. The fraction of sp³-hybridized carbons (Fsp3) is 0.0833. The van der Waals surface area contributed by atoms with Crippen molar-refractivity contribution >= 4 is 44.7 Å². The van der Waals surface area contributed by atoms with E-state index in [-0.39, 0.29) is 17.8 Å². The quantitative estimate of drug-likeness (QED) is 0.742. The zero-order valence-electron chi connectivity index (χ0n) is 8.54. The predicted molar refractivity (Wildman–Crippen MR) is 71.5 cm³/mol. The summed E-state index contributed by atoms with van der Waals surface area (Å²) in [5, 5.41) is 0. The van der Waals surface area contributed by atoms with E-state index in [2.05, 4.69) is 15.9 Å². The lowest BCUT2D eigenvalue weighted by Crippen LogP contribution is -2.05. The Hall–Kier alpha value is -0.710. The van der Waals surface area contributed by atoms with Crippen molar-refractivity contribution in [3.8, 4) is 0 Å². The fourth-order valence-corrected chi connectivity index (χ4v) is 2.84. The average Bonchev–Trinajstić information content (AvgIpc) is 2.63. The minimum atomic E-state index is -0.507. The van der Waals surface area contributed by atoms with E-state index in [4.69, 9.17) is 11.6 Å². The maximum Gasteiger partial charge on any atom is 0.171 e. The molecule has 88 valence electrons. The highest BCUT2D eigenvalue weighted by Gasteiger charge is 2.13. The van der Waals surface area contributed by atoms with Gasteiger partial charge in [-0.05, 0) is 30.3 Å². The maximum absolute atomic E-state index is 13.5. The number of ketones is 1. The molecule has 0 bridgehead atoms. The predicted octanol–water partition coefficient (Wildman–Crippen LogP) is 4.73. The van der Waals surface area contributed by atoms with Gasteiger partial charge in [0.05, 0.1) is 9.90 Å². The van der Waals surface area contributed by atoms with Crippen LogP contribution in [0.5, 0.6) is 0 Å². The number of hydrogen-bond donors (Lipinski definition) is 0. The Morgan fingerprint density at radius 3 is 2.71 bits per heavy atom. The van der Waals surface area contributed by atoms with Crippen LogP contribution in [0.2, 0.25) is 4.34 Å². The molecule has 0 atom stereocenters. The van der Waals surface area contributed by atoms with Crippen molar-refractivity contribution < 1.29 is 9.18 Å². The summed E-state index contributed by atoms with van der Waals surface area (Å²) in [6.07, 6.45) is 0.177. The first-order valence-corrected chi connectivity index (χ1v) is 6.77. The standard InChI is InChI=1S/C12H7BrClFOS/c13-7-1-3-9(10(15)5-7)11(16)6-8-2-4-12(14)17-8/h1-5H,6H2. The molecule has 0 saturated carbocycles. The molecule has 0 fully saturated rings. The zero-order chi connectivity index (χ0) is 12.4. The van der Waals surface area contributed by atoms with Crippen LogP contribution in [0.3, 0.4) is 0 Å². The Morgan fingerprint density at radius 2 is 2.12 bits per heavy atom. The molecule has 0 amide bonds. The van der Waals surface area contributed by atoms with E-state index in [9.17, 15) is 9.18 Å². The smallest absolute Gasteiger partial charge is 0.171 e. The molecule has 2 aromatic rings. The topological polar surface area (TPSA) is 17.1 Å². The second-order valence-corrected chi connectivity index (χ2v) is 6.15. The molecule has 1 aromatic carbocycles. The first-order chi connectivity index (χ1) is 8.06. The van der Waals surface area contributed by atoms with Crippen molar-refractivity contribution in [2.75, 3.05) is 0 Å². The van der Waals surface area contributed by atoms with Crippen molar-refractivity contribution in [3.63, 3.8) is 0 Å². The van der Waals surface area contributed by atoms with E-state index >= 15 is 0 Å². The molecule has 0 saturated heterocycles. The molecule has 0 radical (unpaired) electrons. The molecule has 0 N–H and O–H groups in total. The molecule has 1 nitrogen and oxygen atoms in total. The van der Waals surface area contributed by atoms with Gasteiger partial charge >= 0.3 is 0 Å². The zero-order valence-corrected chi connectivity index (χ0v) is 11.7. The Morgan fingerprint density at radius 1 is 1.35 bits per heavy atom. The van der Waals surface area contributed by atoms with Crippen LogP contribution in [0.25, 0.3) is 0 Å². The summed E-state index contributed by atoms with van der Waals surface area (Å²) in [5.41, 5.74) is 0.109. The van der Waals surface area contributed by atoms with Crippen LogP contribution in [-0.2, 0) is 6.42 Å². The number of benzene rings is 1. The lowest BCUT2D eigenvalue weighted by molar-refractivity contribution is 0.0990. The molecular weight excluding hydrogens is 327 g/mol. The minimum Gasteiger partial charge on any atom is -0.294 e. The van der Waals surface area contributed by atoms with Crippen molar-refractivity contribution in [3.05, 3.63) is 55.4 Å². The van der Waals surface area contributed by atoms with Crippen LogP contribution >= 0.6 is 38.9 Å². The van der Waals surface area contributed by atoms with Gasteiger partial charge in [-0.2, -0.15) is 0 Å². The second-order valence-electron chi connectivity index (χ2n) is 3.43. The maximum atomic E-state index is 13.5. The van der Waals surface area contributed by atoms with Gasteiger partial charge in [-0.3, -0.25) is 4.79 Å². The van der Waals surface area contributed by atoms with E-state index in [0.29, 0.717) is 8.81 Å². The minimum absolute atomic E-state index is 0.109. The molecule has 0 aliphatic carbocycles. The summed E-state index contributed by atoms with van der Waals surface area (Å²) < 4.78 is 14.8. The van der Waals surface area contributed by atoms with Crippen LogP contribution in [0.15, 0.2) is 34.8 Å². The molecule has 0 aliphatic rings. The summed E-state index contributed by atoms with van der Waals surface area (Å²) in [6.45, 7) is 0. The normalized spacial score (nSPS) is 10.5. The number of Topliss-reactive ketones (excluding diaryl/α,β-unsaturated/α-hetero) is 1. The summed E-state index contributed by atoms with van der Waals surface area (Å²) in [4.78, 5) is 12.7. The SMILES string of the molecule is O=C(Cc1ccc(Cl)s1)c1ccc(Br)cc1F. The lowest BCUT2D eigenvalue weighted by Gasteiger charge is -2.01. The van der Waals surface area contributed by atoms with Gasteiger partial charge in [0.1, 0.15) is 5.82 Å². The summed E-state index contributed by atoms with van der Waals surface area (Å²) in [7, 11) is 0. The molecule has 0 spiro atoms. The van der Waals surface area contributed by atoms with Crippen LogP contribution in [-0.4, -0.2) is 5.78 Å². The van der Waals surface area contributed by atoms with Crippen molar-refractivity contribution in [1.82, 2.24) is 0 Å². The Bertz CT molecular complexity index is 567. The Kier molecular flexibility index (Phi) is 3.97. The third-order valence-corrected chi connectivity index (χ3v) is 3.92. The van der Waals surface area contributed by atoms with E-state index in [0.717, 1.165) is 4.88 Å². The van der Waals surface area contributed by atoms with Gasteiger partial charge in [0, 0.05) is 15.8 Å². The number of halogens is 3. The van der Waals surface area contributed by atoms with Crippen LogP contribution in [0, 0.1) is 5.82 Å². The molecule has 5 heteroatoms. The van der Waals surface area contributed by atoms with Crippen molar-refractivity contribution in [1.29, 1.82) is 0 Å². The molecule has 17 heavy (non-hydrogen) atoms. The van der Waals surface area contributed by atoms with Gasteiger partial charge in [-0.15, -0.1) is 11.3 Å². The third kappa shape index (κ3) is 3.15. The van der Waals surface area contributed by atoms with Gasteiger partial charge < -0.3 is 0 Å². The number of rotatable bonds is 3. The number of carbonyl (C=O) groups excluding carboxylic acids is 1. The molecule has 0 aliphatic heterocycles. The lowest BCUT2D eigenvalue weighted by atomic mass is 10.1. The molecule has 1 heterocycles. The van der Waals surface area contributed by atoms with Gasteiger partial charge in [-0.1, -0.05) is 27.5 Å². The first kappa shape index (κ1) is 12.7. The number of hydrogen-bond acceptors (Lipinski definition) is 2. The van der Waals surface area contributed by atoms with Gasteiger partial charge in [0.25, 0.3) is 0 Å². The summed E-state index contributed by atoms with van der Waals surface area (Å²) in [6, 6.07) is 7.93. The van der Waals surface area contributed by atoms with E-state index in [1.165, 1.54) is 23.5 Å². The number of thiophene rings is 1. The molecule has 1 aromatic heterocycles. The highest BCUT2D eigenvalue weighted by Crippen LogP contribution is 2.23. The van der Waals surface area contributed by atoms with Gasteiger partial charge in [0.15, 0.2) is 5.78 Å². The highest BCUT2D eigenvalue weighted by atomic mass is 79.9. The second kappa shape index (κ2) is 5.29. The van der Waals surface area contributed by atoms with Gasteiger partial charge in [0.2, 0.25) is 0 Å². The summed E-state index contributed by atoms with van der Waals surface area (Å²) >= 11 is 10.3. The number of carbonyl (C=O) groups is 1. The molecule has 2 rings (SSSR count). The van der Waals surface area contributed by atoms with Crippen LogP contribution in [0.1, 0.15) is 15.2 Å². The Labute approximate surface area is 115 Å². The molecular formula is C12H7BrClFOS. The van der Waals surface area contributed by atoms with E-state index < -0.39 is 5.82 Å². The van der Waals surface area contributed by atoms with Gasteiger partial charge in [-0.25, -0.2) is 4.39 Å². The summed E-state index contributed by atoms with van der Waals surface area (Å²) in [5.74, 6) is -0.749. The largest absolute Gasteiger partial charge is 0.294 e. The Balaban J connectivity index is 2.20. The van der Waals surface area contributed by atoms with E-state index in [1.54, 1.807) is 18.2 Å². The average molecular weight is 334 g/mol. The van der Waals surface area contributed by atoms with Crippen molar-refractivity contribution in [2.24, 2.45) is 0 Å². The van der Waals surface area contributed by atoms with Crippen molar-refractivity contribution in [2.45, 2.75) is 6.42 Å². The third-order valence-electron chi connectivity index (χ3n) is 2.20. The molecule has 0 unspecified atom stereocenters. The van der Waals surface area contributed by atoms with E-state index in [1.807, 2.05) is 0 Å². The van der Waals surface area contributed by atoms with Crippen LogP contribution in [0.4, 0.5) is 4.39 Å². The van der Waals surface area contributed by atoms with Crippen LogP contribution < -0.4 is 0 Å².